The maximum absolute atomic E-state index is 14.1. The van der Waals surface area contributed by atoms with Crippen molar-refractivity contribution >= 4 is 73.8 Å². The van der Waals surface area contributed by atoms with Crippen molar-refractivity contribution in [1.82, 2.24) is 40.1 Å². The fourth-order valence-corrected chi connectivity index (χ4v) is 11.3. The predicted molar refractivity (Wildman–Crippen MR) is 290 cm³/mol. The maximum atomic E-state index is 14.1. The molecule has 3 atom stereocenters. The van der Waals surface area contributed by atoms with Crippen LogP contribution in [-0.2, 0) is 35.7 Å². The molecule has 5 aromatic rings. The highest BCUT2D eigenvalue weighted by molar-refractivity contribution is 7.89. The fraction of sp³-hybridized carbons (Fsp3) is 0.463. The Morgan fingerprint density at radius 1 is 0.838 bits per heavy atom. The number of carbonyl (C=O) groups excluding carboxylic acids is 4. The van der Waals surface area contributed by atoms with Crippen LogP contribution < -0.4 is 30.9 Å². The summed E-state index contributed by atoms with van der Waals surface area (Å²) < 4.78 is 28.6. The summed E-state index contributed by atoms with van der Waals surface area (Å²) >= 11 is 1.57. The Morgan fingerprint density at radius 3 is 2.20 bits per heavy atom. The van der Waals surface area contributed by atoms with E-state index in [-0.39, 0.29) is 48.5 Å². The average Bonchev–Trinajstić information content (AvgIpc) is 3.97. The van der Waals surface area contributed by atoms with Gasteiger partial charge in [0.25, 0.3) is 0 Å². The molecule has 74 heavy (non-hydrogen) atoms. The zero-order chi connectivity index (χ0) is 53.4. The van der Waals surface area contributed by atoms with Crippen LogP contribution in [0, 0.1) is 19.3 Å². The number of amides is 4. The van der Waals surface area contributed by atoms with E-state index >= 15 is 0 Å². The second-order valence-electron chi connectivity index (χ2n) is 21.3. The maximum Gasteiger partial charge on any atom is 0.246 e. The molecular weight excluding hydrogens is 979 g/mol. The zero-order valence-corrected chi connectivity index (χ0v) is 45.3. The minimum Gasteiger partial charge on any atom is -0.391 e. The van der Waals surface area contributed by atoms with E-state index in [0.29, 0.717) is 69.3 Å². The number of unbranched alkanes of at least 4 members (excludes halogenated alkanes) is 2. The van der Waals surface area contributed by atoms with Gasteiger partial charge in [0.05, 0.1) is 27.1 Å². The smallest absolute Gasteiger partial charge is 0.246 e. The molecule has 6 N–H and O–H groups in total. The Morgan fingerprint density at radius 2 is 1.54 bits per heavy atom. The highest BCUT2D eigenvalue weighted by atomic mass is 32.2. The molecule has 0 spiro atoms. The first-order chi connectivity index (χ1) is 35.0. The van der Waals surface area contributed by atoms with Gasteiger partial charge < -0.3 is 41.1 Å². The number of thiazole rings is 1. The molecule has 2 aliphatic rings. The third kappa shape index (κ3) is 14.9. The number of hydrogen-bond donors (Lipinski definition) is 6. The van der Waals surface area contributed by atoms with E-state index in [2.05, 4.69) is 45.8 Å². The van der Waals surface area contributed by atoms with Gasteiger partial charge in [0.2, 0.25) is 39.6 Å². The predicted octanol–water partition coefficient (Wildman–Crippen LogP) is 7.19. The summed E-state index contributed by atoms with van der Waals surface area (Å²) in [4.78, 5) is 74.3. The van der Waals surface area contributed by atoms with Crippen LogP contribution in [0.3, 0.4) is 0 Å². The van der Waals surface area contributed by atoms with E-state index in [1.807, 2.05) is 93.6 Å². The molecule has 4 amide bonds. The number of piperazine rings is 1. The number of likely N-dealkylation sites (tertiary alicyclic amines) is 1. The van der Waals surface area contributed by atoms with Crippen LogP contribution >= 0.6 is 11.3 Å². The van der Waals surface area contributed by atoms with Gasteiger partial charge in [0.1, 0.15) is 17.9 Å². The van der Waals surface area contributed by atoms with Crippen molar-refractivity contribution in [3.63, 3.8) is 0 Å². The van der Waals surface area contributed by atoms with Crippen molar-refractivity contribution in [2.75, 3.05) is 48.3 Å². The van der Waals surface area contributed by atoms with Gasteiger partial charge in [-0.3, -0.25) is 19.2 Å². The van der Waals surface area contributed by atoms with E-state index in [1.54, 1.807) is 62.6 Å². The normalized spacial score (nSPS) is 16.7. The highest BCUT2D eigenvalue weighted by Gasteiger charge is 2.44. The van der Waals surface area contributed by atoms with E-state index in [0.717, 1.165) is 38.6 Å². The number of rotatable bonds is 19. The number of aliphatic hydroxyl groups excluding tert-OH is 1. The molecule has 0 saturated carbocycles. The summed E-state index contributed by atoms with van der Waals surface area (Å²) in [6, 6.07) is 20.6. The third-order valence-electron chi connectivity index (χ3n) is 12.9. The zero-order valence-electron chi connectivity index (χ0n) is 43.7. The van der Waals surface area contributed by atoms with Gasteiger partial charge in [-0.25, -0.2) is 23.1 Å². The van der Waals surface area contributed by atoms with Gasteiger partial charge in [-0.2, -0.15) is 4.98 Å². The van der Waals surface area contributed by atoms with E-state index in [4.69, 9.17) is 0 Å². The van der Waals surface area contributed by atoms with E-state index < -0.39 is 45.1 Å². The number of β-amino-alcohol motifs (C(OH)–C–C–N with tert-alkyl or cyclic N) is 1. The van der Waals surface area contributed by atoms with Gasteiger partial charge in [-0.05, 0) is 106 Å². The highest BCUT2D eigenvalue weighted by Crippen LogP contribution is 2.30. The molecule has 2 aliphatic heterocycles. The third-order valence-corrected chi connectivity index (χ3v) is 15.7. The standard InChI is InChI=1S/C54H71N11O7S2/c1-35-31-56-52(61-49(35)58-40-13-12-14-43(29-40)74(71,72)62-54(6,7)8)59-39-21-23-41(24-22-39)63-25-27-64(28-26-63)46(68)16-11-9-10-15-45(67)60-48(53(3,4)5)51(70)65-33-42(66)30-44(65)50(69)55-32-37-17-19-38(20-18-37)47-36(2)57-34-73-47/h12-14,17-24,29,31,34,42,44,48,62,66H,9-11,15-16,25-28,30,32-33H2,1-8H3,(H,55,69)(H,60,67)(H2,56,58,59,61)/t42-,44+,48-/m1/s1. The van der Waals surface area contributed by atoms with E-state index in [1.165, 1.54) is 4.90 Å². The first kappa shape index (κ1) is 55.3. The molecule has 0 unspecified atom stereocenters. The summed E-state index contributed by atoms with van der Waals surface area (Å²) in [6.45, 7) is 17.6. The lowest BCUT2D eigenvalue weighted by Gasteiger charge is -2.36. The minimum atomic E-state index is -3.73. The fourth-order valence-electron chi connectivity index (χ4n) is 8.98. The second kappa shape index (κ2) is 23.8. The van der Waals surface area contributed by atoms with Gasteiger partial charge in [0.15, 0.2) is 0 Å². The Kier molecular flexibility index (Phi) is 17.8. The summed E-state index contributed by atoms with van der Waals surface area (Å²) in [5.74, 6) is -0.0604. The number of sulfonamides is 1. The molecular formula is C54H71N11O7S2. The van der Waals surface area contributed by atoms with Crippen LogP contribution in [0.25, 0.3) is 10.4 Å². The van der Waals surface area contributed by atoms with Crippen molar-refractivity contribution in [3.8, 4) is 10.4 Å². The number of hydrogen-bond acceptors (Lipinski definition) is 14. The van der Waals surface area contributed by atoms with Crippen LogP contribution in [0.5, 0.6) is 0 Å². The number of nitrogens with one attached hydrogen (secondary N) is 5. The number of nitrogens with zero attached hydrogens (tertiary/aromatic N) is 6. The molecule has 2 fully saturated rings. The Labute approximate surface area is 439 Å². The molecule has 20 heteroatoms. The number of aryl methyl sites for hydroxylation is 2. The summed E-state index contributed by atoms with van der Waals surface area (Å²) in [5.41, 5.74) is 6.59. The van der Waals surface area contributed by atoms with Crippen LogP contribution in [-0.4, -0.2) is 118 Å². The quantitative estimate of drug-likeness (QED) is 0.0451. The van der Waals surface area contributed by atoms with Crippen LogP contribution in [0.4, 0.5) is 28.8 Å². The van der Waals surface area contributed by atoms with Gasteiger partial charge in [-0.1, -0.05) is 57.5 Å². The van der Waals surface area contributed by atoms with Gasteiger partial charge in [0, 0.05) is 92.9 Å². The molecule has 396 valence electrons. The van der Waals surface area contributed by atoms with Crippen LogP contribution in [0.2, 0.25) is 0 Å². The van der Waals surface area contributed by atoms with Crippen molar-refractivity contribution in [2.24, 2.45) is 5.41 Å². The summed E-state index contributed by atoms with van der Waals surface area (Å²) in [7, 11) is -3.73. The summed E-state index contributed by atoms with van der Waals surface area (Å²) in [6.07, 6.45) is 3.36. The van der Waals surface area contributed by atoms with Crippen LogP contribution in [0.15, 0.2) is 89.4 Å². The number of aliphatic hydroxyl groups is 1. The lowest BCUT2D eigenvalue weighted by Crippen LogP contribution is -2.57. The van der Waals surface area contributed by atoms with Crippen molar-refractivity contribution in [2.45, 2.75) is 129 Å². The Hall–Kier alpha value is -6.48. The number of benzene rings is 3. The lowest BCUT2D eigenvalue weighted by molar-refractivity contribution is -0.144. The molecule has 0 aliphatic carbocycles. The average molecular weight is 1050 g/mol. The van der Waals surface area contributed by atoms with Gasteiger partial charge >= 0.3 is 0 Å². The molecule has 2 saturated heterocycles. The first-order valence-electron chi connectivity index (χ1n) is 25.2. The minimum absolute atomic E-state index is 0.00272. The largest absolute Gasteiger partial charge is 0.391 e. The Bertz CT molecular complexity index is 2870. The molecule has 18 nitrogen and oxygen atoms in total. The van der Waals surface area contributed by atoms with Crippen molar-refractivity contribution in [3.05, 3.63) is 101 Å². The molecule has 3 aromatic carbocycles. The Balaban J connectivity index is 0.814. The van der Waals surface area contributed by atoms with E-state index in [9.17, 15) is 32.7 Å². The number of anilines is 5. The molecule has 7 rings (SSSR count). The van der Waals surface area contributed by atoms with Crippen LogP contribution in [0.1, 0.15) is 96.9 Å². The number of carbonyl (C=O) groups is 4. The van der Waals surface area contributed by atoms with Crippen molar-refractivity contribution < 1.29 is 32.7 Å². The number of aromatic nitrogens is 3. The topological polar surface area (TPSA) is 231 Å². The SMILES string of the molecule is Cc1cnc(Nc2ccc(N3CCN(C(=O)CCCCCC(=O)N[C@H](C(=O)N4C[C@H](O)C[C@H]4C(=O)NCc4ccc(-c5scnc5C)cc4)C(C)(C)C)CC3)cc2)nc1Nc1cccc(S(=O)(=O)NC(C)(C)C)c1. The molecule has 0 bridgehead atoms. The molecule has 4 heterocycles. The lowest BCUT2D eigenvalue weighted by atomic mass is 9.85. The monoisotopic (exact) mass is 1050 g/mol. The molecule has 0 radical (unpaired) electrons. The van der Waals surface area contributed by atoms with Crippen molar-refractivity contribution in [1.29, 1.82) is 0 Å². The first-order valence-corrected chi connectivity index (χ1v) is 27.6. The summed E-state index contributed by atoms with van der Waals surface area (Å²) in [5, 5.41) is 23.0. The molecule has 2 aromatic heterocycles. The van der Waals surface area contributed by atoms with Gasteiger partial charge in [-0.15, -0.1) is 11.3 Å². The second-order valence-corrected chi connectivity index (χ2v) is 23.8.